The maximum absolute atomic E-state index is 9.55. The quantitative estimate of drug-likeness (QED) is 0.541. The topological polar surface area (TPSA) is 113 Å². The lowest BCUT2D eigenvalue weighted by Gasteiger charge is -2.17. The average molecular weight is 382 g/mol. The number of carboxylic acids is 2. The first-order chi connectivity index (χ1) is 13.3. The van der Waals surface area contributed by atoms with E-state index in [0.29, 0.717) is 24.0 Å². The number of hydrogen-bond acceptors (Lipinski definition) is 5. The fourth-order valence-electron chi connectivity index (χ4n) is 3.72. The summed E-state index contributed by atoms with van der Waals surface area (Å²) in [6, 6.07) is 14.4. The Bertz CT molecular complexity index is 909. The number of benzene rings is 2. The lowest BCUT2D eigenvalue weighted by molar-refractivity contribution is -0.134. The highest BCUT2D eigenvalue weighted by molar-refractivity contribution is 5.89. The molecule has 28 heavy (non-hydrogen) atoms. The molecule has 4 N–H and O–H groups in total. The van der Waals surface area contributed by atoms with Crippen LogP contribution < -0.4 is 10.5 Å². The monoisotopic (exact) mass is 382 g/mol. The van der Waals surface area contributed by atoms with Crippen molar-refractivity contribution in [3.8, 4) is 11.5 Å². The van der Waals surface area contributed by atoms with Crippen molar-refractivity contribution >= 4 is 17.6 Å². The Balaban J connectivity index is 0.000000242. The number of hydrogen-bond donors (Lipinski definition) is 3. The fourth-order valence-corrected chi connectivity index (χ4v) is 3.72. The van der Waals surface area contributed by atoms with Crippen LogP contribution in [0.4, 0.5) is 5.69 Å². The molecule has 2 aliphatic heterocycles. The molecule has 0 saturated carbocycles. The van der Waals surface area contributed by atoms with E-state index in [1.165, 1.54) is 11.1 Å². The predicted octanol–water partition coefficient (Wildman–Crippen LogP) is 2.90. The Hall–Kier alpha value is -3.32. The molecule has 0 aliphatic carbocycles. The molecule has 7 nitrogen and oxygen atoms in total. The summed E-state index contributed by atoms with van der Waals surface area (Å²) in [6.45, 7) is 2.12. The zero-order valence-corrected chi connectivity index (χ0v) is 15.4. The van der Waals surface area contributed by atoms with Gasteiger partial charge in [-0.15, -0.1) is 0 Å². The minimum absolute atomic E-state index is 0.460. The molecule has 2 heterocycles. The summed E-state index contributed by atoms with van der Waals surface area (Å²) >= 11 is 0. The van der Waals surface area contributed by atoms with Gasteiger partial charge in [-0.1, -0.05) is 18.2 Å². The van der Waals surface area contributed by atoms with E-state index in [-0.39, 0.29) is 0 Å². The third kappa shape index (κ3) is 4.32. The van der Waals surface area contributed by atoms with E-state index in [4.69, 9.17) is 20.7 Å². The van der Waals surface area contributed by atoms with Crippen molar-refractivity contribution in [3.05, 3.63) is 65.7 Å². The van der Waals surface area contributed by atoms with E-state index in [0.717, 1.165) is 30.3 Å². The predicted molar refractivity (Wildman–Crippen MR) is 105 cm³/mol. The summed E-state index contributed by atoms with van der Waals surface area (Å²) in [5.41, 5.74) is 9.36. The lowest BCUT2D eigenvalue weighted by Crippen LogP contribution is -2.14. The Labute approximate surface area is 162 Å². The first kappa shape index (κ1) is 19.4. The molecular formula is C21H22N2O5. The fraction of sp³-hybridized carbons (Fsp3) is 0.238. The molecule has 1 saturated heterocycles. The van der Waals surface area contributed by atoms with Crippen molar-refractivity contribution in [1.82, 2.24) is 4.90 Å². The average Bonchev–Trinajstić information content (AvgIpc) is 2.98. The Morgan fingerprint density at radius 2 is 1.57 bits per heavy atom. The van der Waals surface area contributed by atoms with Crippen LogP contribution >= 0.6 is 0 Å². The van der Waals surface area contributed by atoms with Crippen LogP contribution in [-0.2, 0) is 9.59 Å². The van der Waals surface area contributed by atoms with Gasteiger partial charge in [-0.3, -0.25) is 0 Å². The zero-order valence-electron chi connectivity index (χ0n) is 15.4. The molecule has 0 aromatic heterocycles. The number of rotatable bonds is 2. The molecule has 0 radical (unpaired) electrons. The number of fused-ring (bicyclic) bond motifs is 5. The lowest BCUT2D eigenvalue weighted by atomic mass is 9.84. The number of likely N-dealkylation sites (N-methyl/N-ethyl adjacent to an activating group) is 1. The van der Waals surface area contributed by atoms with Gasteiger partial charge in [0.25, 0.3) is 0 Å². The molecule has 1 fully saturated rings. The van der Waals surface area contributed by atoms with Crippen molar-refractivity contribution in [2.75, 3.05) is 25.9 Å². The van der Waals surface area contributed by atoms with Crippen molar-refractivity contribution in [2.45, 2.75) is 11.8 Å². The smallest absolute Gasteiger partial charge is 0.328 e. The second-order valence-electron chi connectivity index (χ2n) is 6.88. The number of nitrogen functional groups attached to an aromatic ring is 1. The van der Waals surface area contributed by atoms with E-state index in [1.54, 1.807) is 0 Å². The molecule has 7 heteroatoms. The zero-order chi connectivity index (χ0) is 20.3. The molecule has 2 aliphatic rings. The van der Waals surface area contributed by atoms with E-state index in [1.807, 2.05) is 18.2 Å². The molecule has 2 atom stereocenters. The van der Waals surface area contributed by atoms with Gasteiger partial charge in [0, 0.05) is 48.3 Å². The van der Waals surface area contributed by atoms with Gasteiger partial charge in [0.1, 0.15) is 11.5 Å². The third-order valence-electron chi connectivity index (χ3n) is 4.84. The minimum atomic E-state index is -1.26. The highest BCUT2D eigenvalue weighted by atomic mass is 16.5. The van der Waals surface area contributed by atoms with Gasteiger partial charge >= 0.3 is 11.9 Å². The molecule has 2 unspecified atom stereocenters. The first-order valence-electron chi connectivity index (χ1n) is 8.84. The Morgan fingerprint density at radius 1 is 1.00 bits per heavy atom. The number of ether oxygens (including phenoxy) is 1. The SMILES string of the molecule is CN1CC2c3ccccc3Oc3ccc(N)cc3C2C1.O=C(O)/C=C/C(=O)O. The highest BCUT2D eigenvalue weighted by Gasteiger charge is 2.38. The van der Waals surface area contributed by atoms with E-state index < -0.39 is 11.9 Å². The van der Waals surface area contributed by atoms with Crippen LogP contribution in [0, 0.1) is 0 Å². The number of likely N-dealkylation sites (tertiary alicyclic amines) is 1. The Kier molecular flexibility index (Phi) is 5.65. The number of carbonyl (C=O) groups is 2. The van der Waals surface area contributed by atoms with Crippen LogP contribution in [0.5, 0.6) is 11.5 Å². The normalized spacial score (nSPS) is 20.0. The van der Waals surface area contributed by atoms with Crippen molar-refractivity contribution in [2.24, 2.45) is 0 Å². The second kappa shape index (κ2) is 8.14. The van der Waals surface area contributed by atoms with Gasteiger partial charge in [0.05, 0.1) is 0 Å². The van der Waals surface area contributed by atoms with Crippen LogP contribution in [-0.4, -0.2) is 47.2 Å². The molecule has 4 rings (SSSR count). The van der Waals surface area contributed by atoms with Gasteiger partial charge in [-0.05, 0) is 36.9 Å². The molecule has 2 aromatic carbocycles. The minimum Gasteiger partial charge on any atom is -0.478 e. The van der Waals surface area contributed by atoms with Crippen molar-refractivity contribution < 1.29 is 24.5 Å². The number of aliphatic carboxylic acids is 2. The van der Waals surface area contributed by atoms with Crippen LogP contribution in [0.25, 0.3) is 0 Å². The standard InChI is InChI=1S/C17H18N2O.C4H4O4/c1-19-9-14-12-4-2-3-5-16(12)20-17-7-6-11(18)8-13(17)15(14)10-19;5-3(6)1-2-4(7)8/h2-8,14-15H,9-10,18H2,1H3;1-2H,(H,5,6)(H,7,8)/b;2-1+. The summed E-state index contributed by atoms with van der Waals surface area (Å²) in [5, 5.41) is 15.6. The second-order valence-corrected chi connectivity index (χ2v) is 6.88. The maximum atomic E-state index is 9.55. The first-order valence-corrected chi connectivity index (χ1v) is 8.84. The van der Waals surface area contributed by atoms with Gasteiger partial charge in [-0.2, -0.15) is 0 Å². The van der Waals surface area contributed by atoms with Gasteiger partial charge < -0.3 is 25.6 Å². The van der Waals surface area contributed by atoms with Crippen LogP contribution in [0.1, 0.15) is 23.0 Å². The van der Waals surface area contributed by atoms with Gasteiger partial charge in [0.2, 0.25) is 0 Å². The van der Waals surface area contributed by atoms with Gasteiger partial charge in [-0.25, -0.2) is 9.59 Å². The number of carboxylic acid groups (broad SMARTS) is 2. The molecule has 0 bridgehead atoms. The van der Waals surface area contributed by atoms with Crippen molar-refractivity contribution in [1.29, 1.82) is 0 Å². The van der Waals surface area contributed by atoms with Gasteiger partial charge in [0.15, 0.2) is 0 Å². The third-order valence-corrected chi connectivity index (χ3v) is 4.84. The molecule has 0 amide bonds. The number of anilines is 1. The van der Waals surface area contributed by atoms with E-state index in [9.17, 15) is 9.59 Å². The summed E-state index contributed by atoms with van der Waals surface area (Å²) in [6.07, 6.45) is 1.12. The summed E-state index contributed by atoms with van der Waals surface area (Å²) in [5.74, 6) is 0.372. The van der Waals surface area contributed by atoms with Crippen LogP contribution in [0.2, 0.25) is 0 Å². The van der Waals surface area contributed by atoms with Crippen molar-refractivity contribution in [3.63, 3.8) is 0 Å². The molecule has 2 aromatic rings. The largest absolute Gasteiger partial charge is 0.478 e. The summed E-state index contributed by atoms with van der Waals surface area (Å²) in [7, 11) is 2.18. The highest BCUT2D eigenvalue weighted by Crippen LogP contribution is 2.49. The number of para-hydroxylation sites is 1. The summed E-state index contributed by atoms with van der Waals surface area (Å²) in [4.78, 5) is 21.5. The molecule has 0 spiro atoms. The number of nitrogens with two attached hydrogens (primary N) is 1. The van der Waals surface area contributed by atoms with E-state index >= 15 is 0 Å². The Morgan fingerprint density at radius 3 is 2.21 bits per heavy atom. The number of nitrogens with zero attached hydrogens (tertiary/aromatic N) is 1. The van der Waals surface area contributed by atoms with Crippen LogP contribution in [0.15, 0.2) is 54.6 Å². The van der Waals surface area contributed by atoms with E-state index in [2.05, 4.69) is 36.2 Å². The molecular weight excluding hydrogens is 360 g/mol. The maximum Gasteiger partial charge on any atom is 0.328 e. The van der Waals surface area contributed by atoms with Crippen LogP contribution in [0.3, 0.4) is 0 Å². The molecule has 146 valence electrons. The summed E-state index contributed by atoms with van der Waals surface area (Å²) < 4.78 is 6.15.